The van der Waals surface area contributed by atoms with Crippen LogP contribution in [0.3, 0.4) is 0 Å². The van der Waals surface area contributed by atoms with Gasteiger partial charge in [0.2, 0.25) is 0 Å². The molecule has 0 aliphatic heterocycles. The number of furan rings is 1. The average Bonchev–Trinajstić information content (AvgIpc) is 3.26. The zero-order valence-corrected chi connectivity index (χ0v) is 14.4. The maximum Gasteiger partial charge on any atom is 0.150 e. The lowest BCUT2D eigenvalue weighted by Crippen LogP contribution is -2.00. The van der Waals surface area contributed by atoms with Crippen molar-refractivity contribution in [3.63, 3.8) is 0 Å². The van der Waals surface area contributed by atoms with E-state index in [1.165, 1.54) is 24.1 Å². The first kappa shape index (κ1) is 14.1. The van der Waals surface area contributed by atoms with Crippen molar-refractivity contribution < 1.29 is 4.42 Å². The van der Waals surface area contributed by atoms with Crippen LogP contribution in [0.25, 0.3) is 44.2 Å². The van der Waals surface area contributed by atoms with E-state index in [4.69, 9.17) is 9.40 Å². The Kier molecular flexibility index (Phi) is 2.83. The minimum absolute atomic E-state index is 0.922. The molecule has 1 aliphatic rings. The fourth-order valence-electron chi connectivity index (χ4n) is 4.33. The van der Waals surface area contributed by atoms with Gasteiger partial charge in [0.15, 0.2) is 0 Å². The molecule has 0 atom stereocenters. The molecule has 26 heavy (non-hydrogen) atoms. The number of hydrogen-bond acceptors (Lipinski definition) is 2. The normalized spacial score (nSPS) is 15.3. The molecular formula is C23H18N2O. The van der Waals surface area contributed by atoms with Crippen LogP contribution in [0.4, 0.5) is 0 Å². The third-order valence-corrected chi connectivity index (χ3v) is 5.54. The molecule has 3 heteroatoms. The number of rotatable bonds is 1. The Morgan fingerprint density at radius 1 is 0.923 bits per heavy atom. The molecular weight excluding hydrogens is 320 g/mol. The van der Waals surface area contributed by atoms with Crippen LogP contribution in [0.1, 0.15) is 31.4 Å². The van der Waals surface area contributed by atoms with Gasteiger partial charge in [-0.1, -0.05) is 36.4 Å². The number of pyridine rings is 1. The molecule has 0 N–H and O–H groups in total. The van der Waals surface area contributed by atoms with Crippen LogP contribution in [-0.2, 0) is 0 Å². The van der Waals surface area contributed by atoms with E-state index in [1.54, 1.807) is 0 Å². The van der Waals surface area contributed by atoms with E-state index in [1.807, 2.05) is 12.1 Å². The van der Waals surface area contributed by atoms with E-state index in [0.29, 0.717) is 0 Å². The molecule has 6 rings (SSSR count). The summed E-state index contributed by atoms with van der Waals surface area (Å²) in [7, 11) is 0. The molecule has 0 saturated carbocycles. The molecule has 0 spiro atoms. The summed E-state index contributed by atoms with van der Waals surface area (Å²) >= 11 is 0. The quantitative estimate of drug-likeness (QED) is 0.357. The molecule has 0 amide bonds. The number of para-hydroxylation sites is 3. The van der Waals surface area contributed by atoms with Crippen LogP contribution in [0.2, 0.25) is 0 Å². The number of fused-ring (bicyclic) bond motifs is 7. The van der Waals surface area contributed by atoms with Gasteiger partial charge < -0.3 is 4.42 Å². The predicted molar refractivity (Wildman–Crippen MR) is 106 cm³/mol. The fourth-order valence-corrected chi connectivity index (χ4v) is 4.33. The summed E-state index contributed by atoms with van der Waals surface area (Å²) in [4.78, 5) is 5.00. The highest BCUT2D eigenvalue weighted by molar-refractivity contribution is 6.13. The van der Waals surface area contributed by atoms with Gasteiger partial charge in [0.05, 0.1) is 22.1 Å². The molecule has 0 fully saturated rings. The molecule has 0 unspecified atom stereocenters. The summed E-state index contributed by atoms with van der Waals surface area (Å²) in [6.45, 7) is 0. The summed E-state index contributed by atoms with van der Waals surface area (Å²) < 4.78 is 8.54. The topological polar surface area (TPSA) is 30.4 Å². The Hall–Kier alpha value is -3.07. The van der Waals surface area contributed by atoms with Gasteiger partial charge in [-0.3, -0.25) is 4.40 Å². The molecule has 0 saturated heterocycles. The van der Waals surface area contributed by atoms with Crippen LogP contribution < -0.4 is 0 Å². The van der Waals surface area contributed by atoms with Crippen molar-refractivity contribution in [1.29, 1.82) is 0 Å². The summed E-state index contributed by atoms with van der Waals surface area (Å²) in [6, 6.07) is 18.9. The second-order valence-electron chi connectivity index (χ2n) is 7.10. The Balaban J connectivity index is 1.87. The van der Waals surface area contributed by atoms with Gasteiger partial charge in [-0.2, -0.15) is 0 Å². The van der Waals surface area contributed by atoms with Crippen molar-refractivity contribution in [2.24, 2.45) is 0 Å². The van der Waals surface area contributed by atoms with Crippen LogP contribution in [0.5, 0.6) is 0 Å². The lowest BCUT2D eigenvalue weighted by Gasteiger charge is -2.15. The molecule has 0 radical (unpaired) electrons. The number of benzene rings is 2. The first-order valence-corrected chi connectivity index (χ1v) is 9.31. The third kappa shape index (κ3) is 1.86. The smallest absolute Gasteiger partial charge is 0.150 e. The zero-order chi connectivity index (χ0) is 17.1. The number of nitrogens with zero attached hydrogens (tertiary/aromatic N) is 2. The third-order valence-electron chi connectivity index (χ3n) is 5.54. The zero-order valence-electron chi connectivity index (χ0n) is 14.4. The first-order valence-electron chi connectivity index (χ1n) is 9.31. The van der Waals surface area contributed by atoms with E-state index in [2.05, 4.69) is 52.9 Å². The number of aromatic nitrogens is 2. The van der Waals surface area contributed by atoms with Gasteiger partial charge in [0.25, 0.3) is 0 Å². The molecule has 5 aromatic rings. The van der Waals surface area contributed by atoms with Gasteiger partial charge in [0, 0.05) is 11.5 Å². The van der Waals surface area contributed by atoms with Gasteiger partial charge in [-0.05, 0) is 49.5 Å². The lowest BCUT2D eigenvalue weighted by atomic mass is 9.96. The van der Waals surface area contributed by atoms with E-state index >= 15 is 0 Å². The SMILES string of the molecule is C1=C(c2cc3oc4ccccc4c3c3nc4ccccc4n23)CCCC1. The number of hydrogen-bond donors (Lipinski definition) is 0. The lowest BCUT2D eigenvalue weighted by molar-refractivity contribution is 0.668. The van der Waals surface area contributed by atoms with Gasteiger partial charge in [0.1, 0.15) is 16.8 Å². The Labute approximate surface area is 150 Å². The summed E-state index contributed by atoms with van der Waals surface area (Å²) in [5, 5.41) is 2.24. The second-order valence-corrected chi connectivity index (χ2v) is 7.10. The van der Waals surface area contributed by atoms with Crippen molar-refractivity contribution in [1.82, 2.24) is 9.38 Å². The predicted octanol–water partition coefficient (Wildman–Crippen LogP) is 6.34. The van der Waals surface area contributed by atoms with Crippen molar-refractivity contribution >= 4 is 44.2 Å². The summed E-state index contributed by atoms with van der Waals surface area (Å²) in [5.41, 5.74) is 7.67. The average molecular weight is 338 g/mol. The second kappa shape index (κ2) is 5.21. The van der Waals surface area contributed by atoms with Gasteiger partial charge in [-0.15, -0.1) is 0 Å². The molecule has 3 aromatic heterocycles. The molecule has 126 valence electrons. The fraction of sp³-hybridized carbons (Fsp3) is 0.174. The monoisotopic (exact) mass is 338 g/mol. The largest absolute Gasteiger partial charge is 0.456 e. The highest BCUT2D eigenvalue weighted by atomic mass is 16.3. The molecule has 3 nitrogen and oxygen atoms in total. The molecule has 3 heterocycles. The highest BCUT2D eigenvalue weighted by Gasteiger charge is 2.19. The molecule has 0 bridgehead atoms. The Morgan fingerprint density at radius 2 is 1.81 bits per heavy atom. The van der Waals surface area contributed by atoms with E-state index in [9.17, 15) is 0 Å². The van der Waals surface area contributed by atoms with Crippen LogP contribution >= 0.6 is 0 Å². The van der Waals surface area contributed by atoms with E-state index in [0.717, 1.165) is 51.5 Å². The maximum absolute atomic E-state index is 6.21. The van der Waals surface area contributed by atoms with Crippen LogP contribution in [0.15, 0.2) is 65.1 Å². The standard InChI is InChI=1S/C23H18N2O/c1-2-8-15(9-3-1)19-14-21-22(16-10-4-7-13-20(16)26-21)23-24-17-11-5-6-12-18(17)25(19)23/h4-8,10-14H,1-3,9H2. The minimum atomic E-state index is 0.922. The molecule has 1 aliphatic carbocycles. The number of imidazole rings is 1. The highest BCUT2D eigenvalue weighted by Crippen LogP contribution is 2.37. The maximum atomic E-state index is 6.21. The van der Waals surface area contributed by atoms with Crippen molar-refractivity contribution in [3.8, 4) is 0 Å². The first-order chi connectivity index (χ1) is 12.9. The number of allylic oxidation sites excluding steroid dienone is 2. The van der Waals surface area contributed by atoms with Crippen molar-refractivity contribution in [2.75, 3.05) is 0 Å². The van der Waals surface area contributed by atoms with Crippen LogP contribution in [0, 0.1) is 0 Å². The Morgan fingerprint density at radius 3 is 2.73 bits per heavy atom. The summed E-state index contributed by atoms with van der Waals surface area (Å²) in [5.74, 6) is 0. The van der Waals surface area contributed by atoms with E-state index in [-0.39, 0.29) is 0 Å². The Bertz CT molecular complexity index is 1340. The van der Waals surface area contributed by atoms with E-state index < -0.39 is 0 Å². The van der Waals surface area contributed by atoms with Crippen molar-refractivity contribution in [2.45, 2.75) is 25.7 Å². The van der Waals surface area contributed by atoms with Gasteiger partial charge in [-0.25, -0.2) is 4.98 Å². The minimum Gasteiger partial charge on any atom is -0.456 e. The molecule has 2 aromatic carbocycles. The van der Waals surface area contributed by atoms with Crippen LogP contribution in [-0.4, -0.2) is 9.38 Å². The summed E-state index contributed by atoms with van der Waals surface area (Å²) in [6.07, 6.45) is 7.19. The van der Waals surface area contributed by atoms with Gasteiger partial charge >= 0.3 is 0 Å². The van der Waals surface area contributed by atoms with Crippen molar-refractivity contribution in [3.05, 3.63) is 66.4 Å².